The average molecular weight is 332 g/mol. The molecule has 1 aromatic carbocycles. The number of thiophene rings is 1. The molecule has 1 atom stereocenters. The molecule has 1 saturated heterocycles. The van der Waals surface area contributed by atoms with E-state index in [4.69, 9.17) is 0 Å². The molecule has 2 heterocycles. The van der Waals surface area contributed by atoms with Gasteiger partial charge in [0.25, 0.3) is 0 Å². The van der Waals surface area contributed by atoms with Crippen molar-refractivity contribution in [2.24, 2.45) is 0 Å². The Morgan fingerprint density at radius 3 is 2.77 bits per heavy atom. The summed E-state index contributed by atoms with van der Waals surface area (Å²) in [7, 11) is 0. The Morgan fingerprint density at radius 2 is 2.00 bits per heavy atom. The summed E-state index contributed by atoms with van der Waals surface area (Å²) in [4.78, 5) is 15.9. The molecule has 2 aromatic rings. The first-order chi connectivity index (χ1) is 10.8. The van der Waals surface area contributed by atoms with Crippen LogP contribution >= 0.6 is 23.1 Å². The van der Waals surface area contributed by atoms with Crippen molar-refractivity contribution in [1.29, 1.82) is 0 Å². The third-order valence-electron chi connectivity index (χ3n) is 4.03. The number of hydrogen-bond donors (Lipinski definition) is 0. The number of thioether (sulfide) groups is 1. The lowest BCUT2D eigenvalue weighted by atomic mass is 10.1. The number of nitrogens with zero attached hydrogens (tertiary/aromatic N) is 1. The van der Waals surface area contributed by atoms with Crippen molar-refractivity contribution in [2.75, 3.05) is 18.8 Å². The van der Waals surface area contributed by atoms with Crippen LogP contribution in [0.3, 0.4) is 0 Å². The maximum absolute atomic E-state index is 12.4. The molecule has 0 N–H and O–H groups in total. The van der Waals surface area contributed by atoms with Crippen LogP contribution < -0.4 is 0 Å². The zero-order chi connectivity index (χ0) is 15.2. The third kappa shape index (κ3) is 4.14. The smallest absolute Gasteiger partial charge is 0.222 e. The van der Waals surface area contributed by atoms with Crippen LogP contribution in [0.25, 0.3) is 0 Å². The average Bonchev–Trinajstić information content (AvgIpc) is 2.98. The fraction of sp³-hybridized carbons (Fsp3) is 0.389. The van der Waals surface area contributed by atoms with Gasteiger partial charge in [0.05, 0.1) is 0 Å². The summed E-state index contributed by atoms with van der Waals surface area (Å²) in [6, 6.07) is 14.6. The van der Waals surface area contributed by atoms with Gasteiger partial charge in [-0.2, -0.15) is 11.8 Å². The molecule has 116 valence electrons. The molecule has 1 fully saturated rings. The topological polar surface area (TPSA) is 20.3 Å². The summed E-state index contributed by atoms with van der Waals surface area (Å²) in [5.41, 5.74) is 1.25. The summed E-state index contributed by atoms with van der Waals surface area (Å²) in [6.07, 6.45) is 2.54. The fourth-order valence-corrected chi connectivity index (χ4v) is 5.01. The standard InChI is InChI=1S/C18H21NOS2/c20-18(9-8-15-5-2-1-3-6-15)19-11-10-17(22-14-12-19)16-7-4-13-21-16/h1-7,13,17H,8-12,14H2/t17-/m1/s1. The zero-order valence-electron chi connectivity index (χ0n) is 12.6. The number of carbonyl (C=O) groups excluding carboxylic acids is 1. The highest BCUT2D eigenvalue weighted by Gasteiger charge is 2.22. The van der Waals surface area contributed by atoms with Crippen molar-refractivity contribution < 1.29 is 4.79 Å². The molecule has 1 aliphatic rings. The van der Waals surface area contributed by atoms with Gasteiger partial charge in [0.15, 0.2) is 0 Å². The van der Waals surface area contributed by atoms with E-state index < -0.39 is 0 Å². The molecule has 1 aromatic heterocycles. The minimum absolute atomic E-state index is 0.302. The van der Waals surface area contributed by atoms with Crippen molar-refractivity contribution in [3.8, 4) is 0 Å². The van der Waals surface area contributed by atoms with Gasteiger partial charge in [-0.3, -0.25) is 4.79 Å². The van der Waals surface area contributed by atoms with E-state index >= 15 is 0 Å². The van der Waals surface area contributed by atoms with Crippen molar-refractivity contribution >= 4 is 29.0 Å². The van der Waals surface area contributed by atoms with E-state index in [0.717, 1.165) is 31.7 Å². The quantitative estimate of drug-likeness (QED) is 0.828. The molecule has 3 rings (SSSR count). The van der Waals surface area contributed by atoms with Crippen LogP contribution in [0, 0.1) is 0 Å². The number of amides is 1. The van der Waals surface area contributed by atoms with Crippen LogP contribution in [0.15, 0.2) is 47.8 Å². The number of aryl methyl sites for hydroxylation is 1. The summed E-state index contributed by atoms with van der Waals surface area (Å²) < 4.78 is 0. The zero-order valence-corrected chi connectivity index (χ0v) is 14.2. The molecule has 0 aliphatic carbocycles. The van der Waals surface area contributed by atoms with Crippen LogP contribution in [0.1, 0.15) is 28.5 Å². The number of hydrogen-bond acceptors (Lipinski definition) is 3. The molecule has 0 unspecified atom stereocenters. The molecule has 22 heavy (non-hydrogen) atoms. The highest BCUT2D eigenvalue weighted by Crippen LogP contribution is 2.36. The van der Waals surface area contributed by atoms with E-state index in [1.54, 1.807) is 0 Å². The van der Waals surface area contributed by atoms with Gasteiger partial charge in [-0.05, 0) is 29.9 Å². The molecular weight excluding hydrogens is 310 g/mol. The van der Waals surface area contributed by atoms with Gasteiger partial charge in [0, 0.05) is 35.4 Å². The van der Waals surface area contributed by atoms with Gasteiger partial charge in [-0.25, -0.2) is 0 Å². The van der Waals surface area contributed by atoms with E-state index in [1.807, 2.05) is 41.3 Å². The predicted octanol–water partition coefficient (Wildman–Crippen LogP) is 4.39. The Balaban J connectivity index is 1.51. The SMILES string of the molecule is O=C(CCc1ccccc1)N1CCS[C@@H](c2cccs2)CC1. The largest absolute Gasteiger partial charge is 0.342 e. The van der Waals surface area contributed by atoms with E-state index in [2.05, 4.69) is 34.5 Å². The van der Waals surface area contributed by atoms with Gasteiger partial charge < -0.3 is 4.90 Å². The van der Waals surface area contributed by atoms with Crippen LogP contribution in [-0.4, -0.2) is 29.6 Å². The van der Waals surface area contributed by atoms with Gasteiger partial charge in [0.1, 0.15) is 0 Å². The molecule has 0 saturated carbocycles. The minimum Gasteiger partial charge on any atom is -0.342 e. The van der Waals surface area contributed by atoms with Gasteiger partial charge in [0.2, 0.25) is 5.91 Å². The second kappa shape index (κ2) is 7.84. The summed E-state index contributed by atoms with van der Waals surface area (Å²) >= 11 is 3.83. The Labute approximate surface area is 140 Å². The van der Waals surface area contributed by atoms with Crippen LogP contribution in [0.4, 0.5) is 0 Å². The molecular formula is C18H21NOS2. The molecule has 1 amide bonds. The fourth-order valence-electron chi connectivity index (χ4n) is 2.78. The second-order valence-electron chi connectivity index (χ2n) is 5.53. The number of rotatable bonds is 4. The maximum Gasteiger partial charge on any atom is 0.222 e. The van der Waals surface area contributed by atoms with E-state index in [-0.39, 0.29) is 0 Å². The highest BCUT2D eigenvalue weighted by atomic mass is 32.2. The minimum atomic E-state index is 0.302. The summed E-state index contributed by atoms with van der Waals surface area (Å²) in [5, 5.41) is 2.70. The predicted molar refractivity (Wildman–Crippen MR) is 95.5 cm³/mol. The van der Waals surface area contributed by atoms with Crippen molar-refractivity contribution in [2.45, 2.75) is 24.5 Å². The Morgan fingerprint density at radius 1 is 1.14 bits per heavy atom. The normalized spacial score (nSPS) is 18.9. The molecule has 0 bridgehead atoms. The van der Waals surface area contributed by atoms with Gasteiger partial charge in [-0.15, -0.1) is 11.3 Å². The Hall–Kier alpha value is -1.26. The summed E-state index contributed by atoms with van der Waals surface area (Å²) in [6.45, 7) is 1.78. The van der Waals surface area contributed by atoms with Crippen molar-refractivity contribution in [3.63, 3.8) is 0 Å². The highest BCUT2D eigenvalue weighted by molar-refractivity contribution is 7.99. The van der Waals surface area contributed by atoms with Crippen LogP contribution in [-0.2, 0) is 11.2 Å². The summed E-state index contributed by atoms with van der Waals surface area (Å²) in [5.74, 6) is 1.34. The first kappa shape index (κ1) is 15.6. The number of carbonyl (C=O) groups is 1. The molecule has 4 heteroatoms. The van der Waals surface area contributed by atoms with Gasteiger partial charge >= 0.3 is 0 Å². The van der Waals surface area contributed by atoms with Crippen LogP contribution in [0.2, 0.25) is 0 Å². The van der Waals surface area contributed by atoms with Gasteiger partial charge in [-0.1, -0.05) is 36.4 Å². The molecule has 1 aliphatic heterocycles. The Kier molecular flexibility index (Phi) is 5.57. The lowest BCUT2D eigenvalue weighted by molar-refractivity contribution is -0.130. The van der Waals surface area contributed by atoms with Crippen LogP contribution in [0.5, 0.6) is 0 Å². The first-order valence-electron chi connectivity index (χ1n) is 7.79. The second-order valence-corrected chi connectivity index (χ2v) is 7.82. The van der Waals surface area contributed by atoms with E-state index in [0.29, 0.717) is 17.6 Å². The number of benzene rings is 1. The van der Waals surface area contributed by atoms with Crippen molar-refractivity contribution in [3.05, 3.63) is 58.3 Å². The molecule has 0 spiro atoms. The Bertz CT molecular complexity index is 582. The third-order valence-corrected chi connectivity index (χ3v) is 6.47. The molecule has 0 radical (unpaired) electrons. The molecule has 2 nitrogen and oxygen atoms in total. The first-order valence-corrected chi connectivity index (χ1v) is 9.72. The van der Waals surface area contributed by atoms with E-state index in [9.17, 15) is 4.79 Å². The lowest BCUT2D eigenvalue weighted by Crippen LogP contribution is -2.33. The van der Waals surface area contributed by atoms with E-state index in [1.165, 1.54) is 10.4 Å². The van der Waals surface area contributed by atoms with Crippen molar-refractivity contribution in [1.82, 2.24) is 4.90 Å². The lowest BCUT2D eigenvalue weighted by Gasteiger charge is -2.20. The maximum atomic E-state index is 12.4. The monoisotopic (exact) mass is 331 g/mol.